The van der Waals surface area contributed by atoms with Gasteiger partial charge in [-0.3, -0.25) is 15.1 Å². The van der Waals surface area contributed by atoms with Gasteiger partial charge in [-0.15, -0.1) is 0 Å². The number of amides is 1. The topological polar surface area (TPSA) is 101 Å². The highest BCUT2D eigenvalue weighted by molar-refractivity contribution is 9.10. The van der Waals surface area contributed by atoms with Crippen LogP contribution in [0.1, 0.15) is 21.6 Å². The van der Waals surface area contributed by atoms with Gasteiger partial charge in [0.1, 0.15) is 20.7 Å². The number of ether oxygens (including phenoxy) is 1. The third-order valence-electron chi connectivity index (χ3n) is 4.35. The molecule has 4 rings (SSSR count). The molecule has 3 aromatic heterocycles. The van der Waals surface area contributed by atoms with Crippen molar-refractivity contribution in [1.82, 2.24) is 15.0 Å². The number of benzene rings is 1. The maximum absolute atomic E-state index is 13.1. The SMILES string of the molecule is COc1ccc(C#N)cc1-c1cc(C)ncc1C(=O)Nc1nc2ccc(Br)nc2s1. The molecule has 0 aliphatic heterocycles. The fourth-order valence-corrected chi connectivity index (χ4v) is 4.22. The number of halogens is 1. The number of fused-ring (bicyclic) bond motifs is 1. The minimum Gasteiger partial charge on any atom is -0.496 e. The van der Waals surface area contributed by atoms with E-state index in [1.54, 1.807) is 37.4 Å². The van der Waals surface area contributed by atoms with Gasteiger partial charge in [0.25, 0.3) is 5.91 Å². The van der Waals surface area contributed by atoms with Gasteiger partial charge in [0, 0.05) is 23.0 Å². The number of carbonyl (C=O) groups is 1. The summed E-state index contributed by atoms with van der Waals surface area (Å²) in [5.74, 6) is 0.197. The first-order chi connectivity index (χ1) is 14.5. The molecule has 0 aliphatic carbocycles. The number of carbonyl (C=O) groups excluding carboxylic acids is 1. The summed E-state index contributed by atoms with van der Waals surface area (Å²) in [5, 5.41) is 12.6. The Morgan fingerprint density at radius 1 is 1.20 bits per heavy atom. The van der Waals surface area contributed by atoms with E-state index >= 15 is 0 Å². The smallest absolute Gasteiger partial charge is 0.259 e. The molecule has 0 radical (unpaired) electrons. The van der Waals surface area contributed by atoms with E-state index in [4.69, 9.17) is 4.74 Å². The van der Waals surface area contributed by atoms with Crippen LogP contribution in [-0.4, -0.2) is 28.0 Å². The predicted molar refractivity (Wildman–Crippen MR) is 119 cm³/mol. The predicted octanol–water partition coefficient (Wildman–Crippen LogP) is 4.96. The Morgan fingerprint density at radius 3 is 2.80 bits per heavy atom. The fraction of sp³-hybridized carbons (Fsp3) is 0.0952. The fourth-order valence-electron chi connectivity index (χ4n) is 2.96. The molecule has 0 saturated carbocycles. The van der Waals surface area contributed by atoms with Crippen molar-refractivity contribution < 1.29 is 9.53 Å². The van der Waals surface area contributed by atoms with Gasteiger partial charge in [-0.2, -0.15) is 5.26 Å². The second-order valence-electron chi connectivity index (χ2n) is 6.33. The number of hydrogen-bond acceptors (Lipinski definition) is 7. The normalized spacial score (nSPS) is 10.6. The van der Waals surface area contributed by atoms with E-state index < -0.39 is 0 Å². The number of anilines is 1. The summed E-state index contributed by atoms with van der Waals surface area (Å²) in [6, 6.07) is 12.6. The van der Waals surface area contributed by atoms with Crippen LogP contribution in [0.4, 0.5) is 5.13 Å². The van der Waals surface area contributed by atoms with Crippen LogP contribution in [0.3, 0.4) is 0 Å². The van der Waals surface area contributed by atoms with E-state index in [0.717, 1.165) is 5.69 Å². The standard InChI is InChI=1S/C21H14BrN5O2S/c1-11-7-13(14-8-12(9-23)3-5-17(14)29-2)15(10-24-11)19(28)27-21-25-16-4-6-18(22)26-20(16)30-21/h3-8,10H,1-2H3,(H,25,27,28). The summed E-state index contributed by atoms with van der Waals surface area (Å²) >= 11 is 4.61. The summed E-state index contributed by atoms with van der Waals surface area (Å²) in [6.07, 6.45) is 1.51. The Kier molecular flexibility index (Phi) is 5.44. The molecule has 1 amide bonds. The van der Waals surface area contributed by atoms with E-state index in [2.05, 4.69) is 42.3 Å². The number of pyridine rings is 2. The minimum absolute atomic E-state index is 0.349. The summed E-state index contributed by atoms with van der Waals surface area (Å²) in [6.45, 7) is 1.84. The van der Waals surface area contributed by atoms with Crippen LogP contribution in [0, 0.1) is 18.3 Å². The summed E-state index contributed by atoms with van der Waals surface area (Å²) in [4.78, 5) is 26.9. The highest BCUT2D eigenvalue weighted by Gasteiger charge is 2.19. The van der Waals surface area contributed by atoms with Crippen LogP contribution >= 0.6 is 27.3 Å². The molecule has 1 aromatic carbocycles. The second kappa shape index (κ2) is 8.18. The molecule has 0 aliphatic rings. The highest BCUT2D eigenvalue weighted by atomic mass is 79.9. The molecule has 9 heteroatoms. The quantitative estimate of drug-likeness (QED) is 0.415. The molecule has 148 valence electrons. The Balaban J connectivity index is 1.76. The largest absolute Gasteiger partial charge is 0.496 e. The third kappa shape index (κ3) is 3.87. The van der Waals surface area contributed by atoms with Crippen LogP contribution in [0.15, 0.2) is 47.2 Å². The number of thiazole rings is 1. The monoisotopic (exact) mass is 479 g/mol. The van der Waals surface area contributed by atoms with E-state index in [0.29, 0.717) is 48.1 Å². The number of methoxy groups -OCH3 is 1. The van der Waals surface area contributed by atoms with Crippen molar-refractivity contribution in [3.8, 4) is 22.9 Å². The van der Waals surface area contributed by atoms with Crippen molar-refractivity contribution in [3.05, 3.63) is 64.0 Å². The third-order valence-corrected chi connectivity index (χ3v) is 5.67. The molecule has 0 atom stereocenters. The van der Waals surface area contributed by atoms with Crippen LogP contribution in [-0.2, 0) is 0 Å². The van der Waals surface area contributed by atoms with Gasteiger partial charge in [-0.1, -0.05) is 11.3 Å². The Bertz CT molecular complexity index is 1330. The average molecular weight is 480 g/mol. The molecule has 1 N–H and O–H groups in total. The van der Waals surface area contributed by atoms with Gasteiger partial charge in [-0.25, -0.2) is 9.97 Å². The number of rotatable bonds is 4. The number of hydrogen-bond donors (Lipinski definition) is 1. The first-order valence-electron chi connectivity index (χ1n) is 8.78. The molecule has 30 heavy (non-hydrogen) atoms. The van der Waals surface area contributed by atoms with Crippen LogP contribution in [0.2, 0.25) is 0 Å². The molecule has 7 nitrogen and oxygen atoms in total. The van der Waals surface area contributed by atoms with Crippen LogP contribution < -0.4 is 10.1 Å². The van der Waals surface area contributed by atoms with E-state index in [-0.39, 0.29) is 5.91 Å². The number of nitrogens with one attached hydrogen (secondary N) is 1. The van der Waals surface area contributed by atoms with Gasteiger partial charge in [0.2, 0.25) is 0 Å². The van der Waals surface area contributed by atoms with Crippen LogP contribution in [0.25, 0.3) is 21.5 Å². The molecule has 0 bridgehead atoms. The Hall–Kier alpha value is -3.35. The van der Waals surface area contributed by atoms with Gasteiger partial charge < -0.3 is 4.74 Å². The molecular formula is C21H14BrN5O2S. The van der Waals surface area contributed by atoms with E-state index in [9.17, 15) is 10.1 Å². The summed E-state index contributed by atoms with van der Waals surface area (Å²) in [7, 11) is 1.55. The molecule has 0 spiro atoms. The molecule has 4 aromatic rings. The average Bonchev–Trinajstić information content (AvgIpc) is 3.14. The number of nitrogens with zero attached hydrogens (tertiary/aromatic N) is 4. The van der Waals surface area contributed by atoms with Gasteiger partial charge in [-0.05, 0) is 59.3 Å². The lowest BCUT2D eigenvalue weighted by molar-refractivity contribution is 0.102. The molecule has 3 heterocycles. The molecule has 0 unspecified atom stereocenters. The van der Waals surface area contributed by atoms with E-state index in [1.807, 2.05) is 13.0 Å². The highest BCUT2D eigenvalue weighted by Crippen LogP contribution is 2.34. The van der Waals surface area contributed by atoms with Crippen molar-refractivity contribution in [2.75, 3.05) is 12.4 Å². The number of nitriles is 1. The molecule has 0 saturated heterocycles. The zero-order valence-corrected chi connectivity index (χ0v) is 18.3. The van der Waals surface area contributed by atoms with E-state index in [1.165, 1.54) is 17.5 Å². The lowest BCUT2D eigenvalue weighted by Crippen LogP contribution is -2.14. The molecule has 0 fully saturated rings. The van der Waals surface area contributed by atoms with Crippen molar-refractivity contribution in [2.24, 2.45) is 0 Å². The van der Waals surface area contributed by atoms with Crippen molar-refractivity contribution in [2.45, 2.75) is 6.92 Å². The minimum atomic E-state index is -0.361. The van der Waals surface area contributed by atoms with Crippen molar-refractivity contribution in [3.63, 3.8) is 0 Å². The second-order valence-corrected chi connectivity index (χ2v) is 8.12. The maximum atomic E-state index is 13.1. The van der Waals surface area contributed by atoms with Crippen molar-refractivity contribution >= 4 is 48.7 Å². The summed E-state index contributed by atoms with van der Waals surface area (Å²) in [5.41, 5.74) is 3.51. The zero-order valence-electron chi connectivity index (χ0n) is 15.9. The summed E-state index contributed by atoms with van der Waals surface area (Å²) < 4.78 is 6.16. The van der Waals surface area contributed by atoms with Crippen molar-refractivity contribution in [1.29, 1.82) is 5.26 Å². The Labute approximate surface area is 184 Å². The number of aryl methyl sites for hydroxylation is 1. The van der Waals surface area contributed by atoms with Gasteiger partial charge >= 0.3 is 0 Å². The lowest BCUT2D eigenvalue weighted by atomic mass is 9.97. The molecular weight excluding hydrogens is 466 g/mol. The first kappa shape index (κ1) is 19.9. The van der Waals surface area contributed by atoms with Crippen LogP contribution in [0.5, 0.6) is 5.75 Å². The zero-order chi connectivity index (χ0) is 21.3. The van der Waals surface area contributed by atoms with Gasteiger partial charge in [0.05, 0.1) is 24.3 Å². The maximum Gasteiger partial charge on any atom is 0.259 e. The lowest BCUT2D eigenvalue weighted by Gasteiger charge is -2.13. The first-order valence-corrected chi connectivity index (χ1v) is 10.4. The number of aromatic nitrogens is 3. The van der Waals surface area contributed by atoms with Gasteiger partial charge in [0.15, 0.2) is 5.13 Å². The Morgan fingerprint density at radius 2 is 2.03 bits per heavy atom.